The summed E-state index contributed by atoms with van der Waals surface area (Å²) in [6.45, 7) is 2.26. The van der Waals surface area contributed by atoms with Crippen LogP contribution in [-0.4, -0.2) is 23.4 Å². The Labute approximate surface area is 98.2 Å². The molecule has 1 unspecified atom stereocenters. The van der Waals surface area contributed by atoms with Gasteiger partial charge in [0.05, 0.1) is 11.0 Å². The Bertz CT molecular complexity index is 473. The van der Waals surface area contributed by atoms with Gasteiger partial charge in [0.15, 0.2) is 0 Å². The minimum atomic E-state index is -0.404. The highest BCUT2D eigenvalue weighted by Gasteiger charge is 2.22. The summed E-state index contributed by atoms with van der Waals surface area (Å²) in [5, 5.41) is 16.6. The van der Waals surface area contributed by atoms with Crippen LogP contribution in [0.2, 0.25) is 0 Å². The summed E-state index contributed by atoms with van der Waals surface area (Å²) in [4.78, 5) is 21.4. The van der Waals surface area contributed by atoms with Gasteiger partial charge in [-0.3, -0.25) is 14.9 Å². The number of carbonyl (C=O) groups excluding carboxylic acids is 1. The summed E-state index contributed by atoms with van der Waals surface area (Å²) < 4.78 is 0. The van der Waals surface area contributed by atoms with Gasteiger partial charge < -0.3 is 10.6 Å². The van der Waals surface area contributed by atoms with Gasteiger partial charge >= 0.3 is 0 Å². The number of hydrogen-bond acceptors (Lipinski definition) is 4. The van der Waals surface area contributed by atoms with Crippen molar-refractivity contribution in [2.75, 3.05) is 11.9 Å². The van der Waals surface area contributed by atoms with E-state index in [1.807, 2.05) is 0 Å². The average molecular weight is 235 g/mol. The molecule has 1 saturated heterocycles. The minimum absolute atomic E-state index is 0.00297. The topological polar surface area (TPSA) is 84.3 Å². The molecule has 0 aromatic heterocycles. The fourth-order valence-electron chi connectivity index (χ4n) is 1.90. The number of nitro benzene ring substituents is 1. The van der Waals surface area contributed by atoms with Gasteiger partial charge in [0.25, 0.3) is 5.69 Å². The number of amides is 1. The van der Waals surface area contributed by atoms with Gasteiger partial charge in [-0.2, -0.15) is 0 Å². The summed E-state index contributed by atoms with van der Waals surface area (Å²) >= 11 is 0. The molecule has 0 radical (unpaired) electrons. The zero-order valence-electron chi connectivity index (χ0n) is 9.40. The lowest BCUT2D eigenvalue weighted by Crippen LogP contribution is -2.22. The van der Waals surface area contributed by atoms with Gasteiger partial charge in [-0.1, -0.05) is 6.07 Å². The number of benzene rings is 1. The van der Waals surface area contributed by atoms with Gasteiger partial charge in [-0.15, -0.1) is 0 Å². The summed E-state index contributed by atoms with van der Waals surface area (Å²) in [6.07, 6.45) is 0.405. The van der Waals surface area contributed by atoms with Crippen molar-refractivity contribution in [3.8, 4) is 0 Å². The Kier molecular flexibility index (Phi) is 2.95. The van der Waals surface area contributed by atoms with E-state index in [4.69, 9.17) is 0 Å². The van der Waals surface area contributed by atoms with Crippen LogP contribution in [0.5, 0.6) is 0 Å². The highest BCUT2D eigenvalue weighted by Crippen LogP contribution is 2.26. The van der Waals surface area contributed by atoms with Crippen LogP contribution < -0.4 is 10.6 Å². The molecular weight excluding hydrogens is 222 g/mol. The lowest BCUT2D eigenvalue weighted by Gasteiger charge is -2.14. The molecule has 1 aromatic rings. The molecule has 17 heavy (non-hydrogen) atoms. The van der Waals surface area contributed by atoms with Crippen molar-refractivity contribution in [3.63, 3.8) is 0 Å². The molecule has 0 saturated carbocycles. The molecule has 1 amide bonds. The van der Waals surface area contributed by atoms with E-state index in [-0.39, 0.29) is 17.6 Å². The van der Waals surface area contributed by atoms with Gasteiger partial charge in [0, 0.05) is 30.3 Å². The van der Waals surface area contributed by atoms with E-state index < -0.39 is 4.92 Å². The molecule has 1 fully saturated rings. The summed E-state index contributed by atoms with van der Waals surface area (Å²) in [6, 6.07) is 4.89. The predicted molar refractivity (Wildman–Crippen MR) is 62.9 cm³/mol. The second-order valence-electron chi connectivity index (χ2n) is 4.06. The van der Waals surface area contributed by atoms with Crippen LogP contribution in [0.25, 0.3) is 0 Å². The Morgan fingerprint density at radius 2 is 2.29 bits per heavy atom. The van der Waals surface area contributed by atoms with Crippen LogP contribution in [0.4, 0.5) is 11.4 Å². The molecule has 2 N–H and O–H groups in total. The molecule has 6 nitrogen and oxygen atoms in total. The highest BCUT2D eigenvalue weighted by molar-refractivity contribution is 5.80. The summed E-state index contributed by atoms with van der Waals surface area (Å²) in [5.74, 6) is 0.00517. The lowest BCUT2D eigenvalue weighted by atomic mass is 10.1. The van der Waals surface area contributed by atoms with Crippen molar-refractivity contribution in [1.29, 1.82) is 0 Å². The Morgan fingerprint density at radius 1 is 1.53 bits per heavy atom. The minimum Gasteiger partial charge on any atom is -0.380 e. The maximum Gasteiger partial charge on any atom is 0.274 e. The lowest BCUT2D eigenvalue weighted by molar-refractivity contribution is -0.385. The van der Waals surface area contributed by atoms with Gasteiger partial charge in [-0.05, 0) is 13.0 Å². The molecule has 2 rings (SSSR count). The number of carbonyl (C=O) groups is 1. The molecule has 0 aliphatic carbocycles. The monoisotopic (exact) mass is 235 g/mol. The van der Waals surface area contributed by atoms with Crippen molar-refractivity contribution in [2.45, 2.75) is 19.4 Å². The summed E-state index contributed by atoms with van der Waals surface area (Å²) in [7, 11) is 0. The molecule has 0 spiro atoms. The van der Waals surface area contributed by atoms with E-state index >= 15 is 0 Å². The van der Waals surface area contributed by atoms with Gasteiger partial charge in [0.2, 0.25) is 5.91 Å². The van der Waals surface area contributed by atoms with Crippen molar-refractivity contribution in [2.24, 2.45) is 0 Å². The smallest absolute Gasteiger partial charge is 0.274 e. The van der Waals surface area contributed by atoms with Crippen LogP contribution in [0.3, 0.4) is 0 Å². The normalized spacial score (nSPS) is 18.9. The van der Waals surface area contributed by atoms with Crippen molar-refractivity contribution < 1.29 is 9.72 Å². The van der Waals surface area contributed by atoms with E-state index in [1.165, 1.54) is 6.07 Å². The fraction of sp³-hybridized carbons (Fsp3) is 0.364. The third kappa shape index (κ3) is 2.35. The van der Waals surface area contributed by atoms with Crippen LogP contribution in [-0.2, 0) is 4.79 Å². The SMILES string of the molecule is Cc1c(NC2CNC(=O)C2)cccc1[N+](=O)[O-]. The third-order valence-electron chi connectivity index (χ3n) is 2.84. The Morgan fingerprint density at radius 3 is 2.88 bits per heavy atom. The predicted octanol–water partition coefficient (Wildman–Crippen LogP) is 1.20. The van der Waals surface area contributed by atoms with Crippen LogP contribution in [0, 0.1) is 17.0 Å². The number of nitrogens with one attached hydrogen (secondary N) is 2. The largest absolute Gasteiger partial charge is 0.380 e. The van der Waals surface area contributed by atoms with E-state index in [2.05, 4.69) is 10.6 Å². The maximum absolute atomic E-state index is 11.0. The van der Waals surface area contributed by atoms with Gasteiger partial charge in [0.1, 0.15) is 0 Å². The Hall–Kier alpha value is -2.11. The molecule has 0 bridgehead atoms. The first-order valence-electron chi connectivity index (χ1n) is 5.35. The molecule has 1 aliphatic rings. The average Bonchev–Trinajstić information content (AvgIpc) is 2.67. The second-order valence-corrected chi connectivity index (χ2v) is 4.06. The van der Waals surface area contributed by atoms with Crippen molar-refractivity contribution in [1.82, 2.24) is 5.32 Å². The number of rotatable bonds is 3. The first-order valence-corrected chi connectivity index (χ1v) is 5.35. The number of nitro groups is 1. The fourth-order valence-corrected chi connectivity index (χ4v) is 1.90. The molecule has 6 heteroatoms. The second kappa shape index (κ2) is 4.40. The van der Waals surface area contributed by atoms with E-state index in [0.29, 0.717) is 24.2 Å². The maximum atomic E-state index is 11.0. The molecule has 1 aromatic carbocycles. The van der Waals surface area contributed by atoms with Gasteiger partial charge in [-0.25, -0.2) is 0 Å². The van der Waals surface area contributed by atoms with E-state index in [1.54, 1.807) is 19.1 Å². The summed E-state index contributed by atoms with van der Waals surface area (Å²) in [5.41, 5.74) is 1.39. The molecule has 1 atom stereocenters. The van der Waals surface area contributed by atoms with E-state index in [0.717, 1.165) is 0 Å². The third-order valence-corrected chi connectivity index (χ3v) is 2.84. The zero-order valence-corrected chi connectivity index (χ0v) is 9.40. The van der Waals surface area contributed by atoms with Crippen LogP contribution in [0.1, 0.15) is 12.0 Å². The molecular formula is C11H13N3O3. The standard InChI is InChI=1S/C11H13N3O3/c1-7-9(3-2-4-10(7)14(16)17)13-8-5-11(15)12-6-8/h2-4,8,13H,5-6H2,1H3,(H,12,15). The number of nitrogens with zero attached hydrogens (tertiary/aromatic N) is 1. The van der Waals surface area contributed by atoms with Crippen LogP contribution in [0.15, 0.2) is 18.2 Å². The first-order chi connectivity index (χ1) is 8.08. The zero-order chi connectivity index (χ0) is 12.4. The molecule has 90 valence electrons. The van der Waals surface area contributed by atoms with Crippen molar-refractivity contribution in [3.05, 3.63) is 33.9 Å². The molecule has 1 aliphatic heterocycles. The number of anilines is 1. The molecule has 1 heterocycles. The van der Waals surface area contributed by atoms with E-state index in [9.17, 15) is 14.9 Å². The van der Waals surface area contributed by atoms with Crippen molar-refractivity contribution >= 4 is 17.3 Å². The first kappa shape index (κ1) is 11.4. The highest BCUT2D eigenvalue weighted by atomic mass is 16.6. The Balaban J connectivity index is 2.18. The quantitative estimate of drug-likeness (QED) is 0.609. The number of hydrogen-bond donors (Lipinski definition) is 2. The van der Waals surface area contributed by atoms with Crippen LogP contribution >= 0.6 is 0 Å².